The molecule has 0 unspecified atom stereocenters. The lowest BCUT2D eigenvalue weighted by Gasteiger charge is -2.17. The van der Waals surface area contributed by atoms with Crippen molar-refractivity contribution in [1.82, 2.24) is 14.9 Å². The van der Waals surface area contributed by atoms with Crippen LogP contribution < -0.4 is 9.47 Å². The van der Waals surface area contributed by atoms with Gasteiger partial charge in [0.15, 0.2) is 5.82 Å². The van der Waals surface area contributed by atoms with Crippen LogP contribution in [0, 0.1) is 11.6 Å². The topological polar surface area (TPSA) is 64.5 Å². The molecular formula is C21H17F2N3O3. The van der Waals surface area contributed by atoms with Gasteiger partial charge in [0.05, 0.1) is 44.1 Å². The molecule has 0 atom stereocenters. The van der Waals surface area contributed by atoms with E-state index in [2.05, 4.69) is 9.97 Å². The lowest BCUT2D eigenvalue weighted by atomic mass is 10.1. The second kappa shape index (κ2) is 7.46. The molecule has 8 heteroatoms. The lowest BCUT2D eigenvalue weighted by molar-refractivity contribution is 0.0765. The number of amides is 1. The molecule has 2 aromatic carbocycles. The number of benzene rings is 2. The number of carbonyl (C=O) groups excluding carboxylic acids is 1. The number of nitrogens with zero attached hydrogens (tertiary/aromatic N) is 3. The third kappa shape index (κ3) is 3.37. The standard InChI is InChI=1S/C21H17F2N3O3/c1-28-13-7-6-12(18(8-13)29-2)10-26-11-17-14(21(26)27)9-24-20(25-17)19-15(22)4-3-5-16(19)23/h3-9H,10-11H2,1-2H3. The van der Waals surface area contributed by atoms with E-state index in [1.807, 2.05) is 6.07 Å². The normalized spacial score (nSPS) is 12.8. The number of ether oxygens (including phenoxy) is 2. The maximum Gasteiger partial charge on any atom is 0.258 e. The average molecular weight is 397 g/mol. The van der Waals surface area contributed by atoms with E-state index in [4.69, 9.17) is 9.47 Å². The molecule has 29 heavy (non-hydrogen) atoms. The molecule has 0 spiro atoms. The summed E-state index contributed by atoms with van der Waals surface area (Å²) >= 11 is 0. The van der Waals surface area contributed by atoms with Crippen molar-refractivity contribution >= 4 is 5.91 Å². The molecule has 3 aromatic rings. The van der Waals surface area contributed by atoms with Gasteiger partial charge in [0.25, 0.3) is 5.91 Å². The zero-order valence-corrected chi connectivity index (χ0v) is 15.8. The minimum atomic E-state index is -0.755. The van der Waals surface area contributed by atoms with Gasteiger partial charge in [0.2, 0.25) is 0 Å². The van der Waals surface area contributed by atoms with Gasteiger partial charge < -0.3 is 14.4 Å². The summed E-state index contributed by atoms with van der Waals surface area (Å²) < 4.78 is 38.7. The van der Waals surface area contributed by atoms with Gasteiger partial charge in [-0.2, -0.15) is 0 Å². The second-order valence-corrected chi connectivity index (χ2v) is 6.49. The quantitative estimate of drug-likeness (QED) is 0.658. The van der Waals surface area contributed by atoms with Crippen molar-refractivity contribution < 1.29 is 23.0 Å². The van der Waals surface area contributed by atoms with Crippen molar-refractivity contribution in [3.8, 4) is 22.9 Å². The summed E-state index contributed by atoms with van der Waals surface area (Å²) in [6.45, 7) is 0.487. The fourth-order valence-electron chi connectivity index (χ4n) is 3.29. The molecule has 1 aromatic heterocycles. The molecule has 6 nitrogen and oxygen atoms in total. The van der Waals surface area contributed by atoms with Gasteiger partial charge in [-0.1, -0.05) is 6.07 Å². The molecule has 0 saturated heterocycles. The highest BCUT2D eigenvalue weighted by Crippen LogP contribution is 2.30. The maximum absolute atomic E-state index is 14.1. The average Bonchev–Trinajstić information content (AvgIpc) is 3.03. The summed E-state index contributed by atoms with van der Waals surface area (Å²) in [4.78, 5) is 22.6. The highest BCUT2D eigenvalue weighted by molar-refractivity contribution is 5.97. The summed E-state index contributed by atoms with van der Waals surface area (Å²) in [7, 11) is 3.10. The van der Waals surface area contributed by atoms with E-state index in [1.165, 1.54) is 12.3 Å². The van der Waals surface area contributed by atoms with E-state index < -0.39 is 11.6 Å². The van der Waals surface area contributed by atoms with Crippen LogP contribution in [-0.2, 0) is 13.1 Å². The molecule has 1 aliphatic heterocycles. The fourth-order valence-corrected chi connectivity index (χ4v) is 3.29. The molecule has 1 aliphatic rings. The van der Waals surface area contributed by atoms with Crippen molar-refractivity contribution in [2.75, 3.05) is 14.2 Å². The minimum Gasteiger partial charge on any atom is -0.497 e. The third-order valence-electron chi connectivity index (χ3n) is 4.77. The van der Waals surface area contributed by atoms with Gasteiger partial charge >= 0.3 is 0 Å². The van der Waals surface area contributed by atoms with Crippen LogP contribution in [0.5, 0.6) is 11.5 Å². The summed E-state index contributed by atoms with van der Waals surface area (Å²) in [5, 5.41) is 0. The molecule has 148 valence electrons. The van der Waals surface area contributed by atoms with Crippen molar-refractivity contribution in [3.05, 3.63) is 71.1 Å². The molecule has 0 aliphatic carbocycles. The van der Waals surface area contributed by atoms with Crippen LogP contribution in [0.15, 0.2) is 42.6 Å². The predicted octanol–water partition coefficient (Wildman–Crippen LogP) is 3.60. The van der Waals surface area contributed by atoms with Crippen molar-refractivity contribution in [2.45, 2.75) is 13.1 Å². The Balaban J connectivity index is 1.63. The Morgan fingerprint density at radius 3 is 2.55 bits per heavy atom. The van der Waals surface area contributed by atoms with E-state index in [0.717, 1.165) is 17.7 Å². The predicted molar refractivity (Wildman–Crippen MR) is 101 cm³/mol. The van der Waals surface area contributed by atoms with Gasteiger partial charge in [-0.05, 0) is 24.3 Å². The monoisotopic (exact) mass is 397 g/mol. The summed E-state index contributed by atoms with van der Waals surface area (Å²) in [5.41, 5.74) is 1.23. The molecular weight excluding hydrogens is 380 g/mol. The van der Waals surface area contributed by atoms with Crippen molar-refractivity contribution in [1.29, 1.82) is 0 Å². The number of aromatic nitrogens is 2. The van der Waals surface area contributed by atoms with Gasteiger partial charge in [-0.3, -0.25) is 4.79 Å². The largest absolute Gasteiger partial charge is 0.497 e. The number of hydrogen-bond acceptors (Lipinski definition) is 5. The summed E-state index contributed by atoms with van der Waals surface area (Å²) in [5.74, 6) is -0.616. The molecule has 1 amide bonds. The van der Waals surface area contributed by atoms with Crippen LogP contribution >= 0.6 is 0 Å². The zero-order chi connectivity index (χ0) is 20.5. The highest BCUT2D eigenvalue weighted by atomic mass is 19.1. The molecule has 4 rings (SSSR count). The highest BCUT2D eigenvalue weighted by Gasteiger charge is 2.31. The van der Waals surface area contributed by atoms with Crippen LogP contribution in [0.25, 0.3) is 11.4 Å². The third-order valence-corrected chi connectivity index (χ3v) is 4.77. The molecule has 2 heterocycles. The first-order valence-corrected chi connectivity index (χ1v) is 8.82. The van der Waals surface area contributed by atoms with Crippen LogP contribution in [0.1, 0.15) is 21.6 Å². The van der Waals surface area contributed by atoms with Crippen LogP contribution in [0.3, 0.4) is 0 Å². The first kappa shape index (κ1) is 18.8. The van der Waals surface area contributed by atoms with Crippen LogP contribution in [0.2, 0.25) is 0 Å². The van der Waals surface area contributed by atoms with Gasteiger partial charge in [0, 0.05) is 17.8 Å². The number of hydrogen-bond donors (Lipinski definition) is 0. The number of methoxy groups -OCH3 is 2. The Morgan fingerprint density at radius 2 is 1.86 bits per heavy atom. The molecule has 0 radical (unpaired) electrons. The Labute approximate surface area is 165 Å². The summed E-state index contributed by atoms with van der Waals surface area (Å²) in [6.07, 6.45) is 1.32. The van der Waals surface area contributed by atoms with E-state index in [-0.39, 0.29) is 30.4 Å². The zero-order valence-electron chi connectivity index (χ0n) is 15.8. The maximum atomic E-state index is 14.1. The smallest absolute Gasteiger partial charge is 0.258 e. The molecule has 0 bridgehead atoms. The van der Waals surface area contributed by atoms with Crippen molar-refractivity contribution in [3.63, 3.8) is 0 Å². The first-order chi connectivity index (χ1) is 14.0. The minimum absolute atomic E-state index is 0.0870. The van der Waals surface area contributed by atoms with Crippen molar-refractivity contribution in [2.24, 2.45) is 0 Å². The van der Waals surface area contributed by atoms with Gasteiger partial charge in [-0.25, -0.2) is 18.7 Å². The molecule has 0 fully saturated rings. The Kier molecular flexibility index (Phi) is 4.84. The van der Waals surface area contributed by atoms with Gasteiger partial charge in [0.1, 0.15) is 23.1 Å². The lowest BCUT2D eigenvalue weighted by Crippen LogP contribution is -2.23. The number of rotatable bonds is 5. The number of fused-ring (bicyclic) bond motifs is 1. The van der Waals surface area contributed by atoms with Crippen LogP contribution in [-0.4, -0.2) is 35.0 Å². The van der Waals surface area contributed by atoms with E-state index in [1.54, 1.807) is 31.3 Å². The molecule has 0 saturated carbocycles. The van der Waals surface area contributed by atoms with E-state index in [0.29, 0.717) is 22.8 Å². The number of carbonyl (C=O) groups is 1. The fraction of sp³-hybridized carbons (Fsp3) is 0.190. The van der Waals surface area contributed by atoms with Gasteiger partial charge in [-0.15, -0.1) is 0 Å². The Bertz CT molecular complexity index is 1080. The SMILES string of the molecule is COc1ccc(CN2Cc3nc(-c4c(F)cccc4F)ncc3C2=O)c(OC)c1. The first-order valence-electron chi connectivity index (χ1n) is 8.82. The van der Waals surface area contributed by atoms with E-state index in [9.17, 15) is 13.6 Å². The second-order valence-electron chi connectivity index (χ2n) is 6.49. The van der Waals surface area contributed by atoms with E-state index >= 15 is 0 Å². The molecule has 0 N–H and O–H groups in total. The number of halogens is 2. The Hall–Kier alpha value is -3.55. The Morgan fingerprint density at radius 1 is 1.10 bits per heavy atom. The summed E-state index contributed by atoms with van der Waals surface area (Å²) in [6, 6.07) is 8.89. The van der Waals surface area contributed by atoms with Crippen LogP contribution in [0.4, 0.5) is 8.78 Å².